The number of rotatable bonds is 3. The maximum atomic E-state index is 12.3. The summed E-state index contributed by atoms with van der Waals surface area (Å²) >= 11 is 0. The third-order valence-electron chi connectivity index (χ3n) is 4.77. The Morgan fingerprint density at radius 1 is 1.46 bits per heavy atom. The van der Waals surface area contributed by atoms with Crippen molar-refractivity contribution in [2.24, 2.45) is 5.92 Å². The summed E-state index contributed by atoms with van der Waals surface area (Å²) in [4.78, 5) is 35.8. The molecule has 0 aromatic rings. The van der Waals surface area contributed by atoms with Gasteiger partial charge < -0.3 is 14.6 Å². The van der Waals surface area contributed by atoms with E-state index in [9.17, 15) is 19.5 Å². The molecule has 4 atom stereocenters. The highest BCUT2D eigenvalue weighted by molar-refractivity contribution is 5.92. The molecular formula is C20H24O6. The van der Waals surface area contributed by atoms with Crippen molar-refractivity contribution in [3.8, 4) is 0 Å². The Hall–Kier alpha value is -2.47. The predicted octanol–water partition coefficient (Wildman–Crippen LogP) is 2.19. The number of hydrogen-bond donors (Lipinski definition) is 1. The molecule has 1 heterocycles. The van der Waals surface area contributed by atoms with E-state index in [1.54, 1.807) is 32.1 Å². The van der Waals surface area contributed by atoms with Gasteiger partial charge in [0, 0.05) is 16.7 Å². The Morgan fingerprint density at radius 2 is 2.15 bits per heavy atom. The molecule has 0 spiro atoms. The van der Waals surface area contributed by atoms with Gasteiger partial charge in [-0.25, -0.2) is 9.59 Å². The highest BCUT2D eigenvalue weighted by atomic mass is 16.6. The normalized spacial score (nSPS) is 33.9. The molecule has 1 fully saturated rings. The summed E-state index contributed by atoms with van der Waals surface area (Å²) in [6, 6.07) is 0. The van der Waals surface area contributed by atoms with Crippen molar-refractivity contribution in [3.63, 3.8) is 0 Å². The maximum absolute atomic E-state index is 12.3. The quantitative estimate of drug-likeness (QED) is 0.359. The van der Waals surface area contributed by atoms with Gasteiger partial charge in [0.1, 0.15) is 24.6 Å². The number of allylic oxidation sites excluding steroid dienone is 3. The average Bonchev–Trinajstić information content (AvgIpc) is 2.88. The lowest BCUT2D eigenvalue weighted by atomic mass is 9.84. The van der Waals surface area contributed by atoms with Crippen molar-refractivity contribution in [2.45, 2.75) is 51.9 Å². The molecule has 140 valence electrons. The fraction of sp³-hybridized carbons (Fsp3) is 0.450. The van der Waals surface area contributed by atoms with Crippen LogP contribution in [-0.4, -0.2) is 41.6 Å². The molecule has 0 unspecified atom stereocenters. The van der Waals surface area contributed by atoms with E-state index in [-0.39, 0.29) is 11.1 Å². The van der Waals surface area contributed by atoms with E-state index in [0.717, 1.165) is 5.57 Å². The van der Waals surface area contributed by atoms with Crippen LogP contribution < -0.4 is 0 Å². The van der Waals surface area contributed by atoms with Crippen molar-refractivity contribution < 1.29 is 29.0 Å². The zero-order valence-corrected chi connectivity index (χ0v) is 15.2. The zero-order chi connectivity index (χ0) is 19.4. The van der Waals surface area contributed by atoms with E-state index in [1.165, 1.54) is 0 Å². The summed E-state index contributed by atoms with van der Waals surface area (Å²) in [7, 11) is 0. The molecule has 2 aliphatic rings. The van der Waals surface area contributed by atoms with E-state index >= 15 is 0 Å². The largest absolute Gasteiger partial charge is 0.455 e. The predicted molar refractivity (Wildman–Crippen MR) is 95.0 cm³/mol. The highest BCUT2D eigenvalue weighted by Gasteiger charge is 2.47. The van der Waals surface area contributed by atoms with E-state index < -0.39 is 36.2 Å². The van der Waals surface area contributed by atoms with Crippen molar-refractivity contribution >= 4 is 18.2 Å². The molecule has 1 aliphatic heterocycles. The first kappa shape index (κ1) is 19.8. The zero-order valence-electron chi connectivity index (χ0n) is 15.2. The number of carbonyl (C=O) groups excluding carboxylic acids is 3. The van der Waals surface area contributed by atoms with Crippen molar-refractivity contribution in [1.29, 1.82) is 0 Å². The van der Waals surface area contributed by atoms with E-state index in [1.807, 2.05) is 6.92 Å². The van der Waals surface area contributed by atoms with Crippen LogP contribution in [0, 0.1) is 5.92 Å². The van der Waals surface area contributed by atoms with Gasteiger partial charge >= 0.3 is 11.9 Å². The summed E-state index contributed by atoms with van der Waals surface area (Å²) in [5, 5.41) is 10.7. The molecule has 0 saturated carbocycles. The summed E-state index contributed by atoms with van der Waals surface area (Å²) in [6.07, 6.45) is 3.47. The average molecular weight is 360 g/mol. The van der Waals surface area contributed by atoms with Crippen LogP contribution in [0.4, 0.5) is 0 Å². The number of carbonyl (C=O) groups is 3. The van der Waals surface area contributed by atoms with Gasteiger partial charge in [0.25, 0.3) is 0 Å². The Balaban J connectivity index is 2.52. The summed E-state index contributed by atoms with van der Waals surface area (Å²) in [5.41, 5.74) is 1.54. The van der Waals surface area contributed by atoms with Crippen molar-refractivity contribution in [2.75, 3.05) is 0 Å². The van der Waals surface area contributed by atoms with Gasteiger partial charge in [0.05, 0.1) is 5.92 Å². The lowest BCUT2D eigenvalue weighted by molar-refractivity contribution is -0.153. The maximum Gasteiger partial charge on any atom is 0.334 e. The molecule has 0 aromatic carbocycles. The van der Waals surface area contributed by atoms with E-state index in [2.05, 4.69) is 6.58 Å². The number of esters is 2. The van der Waals surface area contributed by atoms with Crippen LogP contribution in [0.15, 0.2) is 47.1 Å². The highest BCUT2D eigenvalue weighted by Crippen LogP contribution is 2.36. The van der Waals surface area contributed by atoms with Gasteiger partial charge in [-0.3, -0.25) is 4.79 Å². The molecule has 6 nitrogen and oxygen atoms in total. The van der Waals surface area contributed by atoms with Gasteiger partial charge in [-0.1, -0.05) is 24.3 Å². The molecule has 0 radical (unpaired) electrons. The molecule has 0 aromatic heterocycles. The van der Waals surface area contributed by atoms with Gasteiger partial charge in [0.2, 0.25) is 0 Å². The fourth-order valence-electron chi connectivity index (χ4n) is 3.06. The van der Waals surface area contributed by atoms with Crippen molar-refractivity contribution in [1.82, 2.24) is 0 Å². The van der Waals surface area contributed by atoms with Crippen molar-refractivity contribution in [3.05, 3.63) is 47.1 Å². The monoisotopic (exact) mass is 360 g/mol. The molecule has 26 heavy (non-hydrogen) atoms. The molecule has 1 saturated heterocycles. The minimum absolute atomic E-state index is 0.111. The van der Waals surface area contributed by atoms with Gasteiger partial charge in [0.15, 0.2) is 0 Å². The van der Waals surface area contributed by atoms with Crippen LogP contribution in [0.25, 0.3) is 0 Å². The second kappa shape index (κ2) is 8.27. The Bertz CT molecular complexity index is 712. The van der Waals surface area contributed by atoms with Crippen LogP contribution >= 0.6 is 0 Å². The number of hydrogen-bond acceptors (Lipinski definition) is 6. The number of ether oxygens (including phenoxy) is 2. The first-order valence-electron chi connectivity index (χ1n) is 8.54. The lowest BCUT2D eigenvalue weighted by Gasteiger charge is -2.30. The SMILES string of the molecule is C=C1C(=O)O[C@@H]2/C=C(\C)CC/C=C(\C=O)[C@@H](O)[C@@H](OC(=O)/C(C)=C\C)[C@@H]12. The first-order chi connectivity index (χ1) is 12.3. The van der Waals surface area contributed by atoms with Crippen LogP contribution in [0.1, 0.15) is 33.6 Å². The molecule has 0 bridgehead atoms. The first-order valence-corrected chi connectivity index (χ1v) is 8.54. The van der Waals surface area contributed by atoms with Crippen LogP contribution in [0.5, 0.6) is 0 Å². The van der Waals surface area contributed by atoms with Gasteiger partial charge in [-0.05, 0) is 39.7 Å². The van der Waals surface area contributed by atoms with E-state index in [4.69, 9.17) is 9.47 Å². The number of aliphatic hydroxyl groups excluding tert-OH is 1. The second-order valence-corrected chi connectivity index (χ2v) is 6.58. The molecule has 2 rings (SSSR count). The Labute approximate surface area is 152 Å². The Kier molecular flexibility index (Phi) is 6.32. The van der Waals surface area contributed by atoms with E-state index in [0.29, 0.717) is 24.7 Å². The van der Waals surface area contributed by atoms with Gasteiger partial charge in [-0.15, -0.1) is 0 Å². The topological polar surface area (TPSA) is 89.9 Å². The van der Waals surface area contributed by atoms with Crippen LogP contribution in [0.2, 0.25) is 0 Å². The molecule has 6 heteroatoms. The second-order valence-electron chi connectivity index (χ2n) is 6.58. The Morgan fingerprint density at radius 3 is 2.77 bits per heavy atom. The smallest absolute Gasteiger partial charge is 0.334 e. The molecule has 1 N–H and O–H groups in total. The summed E-state index contributed by atoms with van der Waals surface area (Å²) in [5.74, 6) is -2.01. The molecule has 1 aliphatic carbocycles. The standard InChI is InChI=1S/C20H24O6/c1-5-12(3)19(23)26-18-16-13(4)20(24)25-15(16)9-11(2)7-6-8-14(10-21)17(18)22/h5,8-10,15-18,22H,4,6-7H2,1-3H3/b11-9+,12-5-,14-8+/t15-,16+,17-,18+/m1/s1. The number of aldehydes is 1. The number of fused-ring (bicyclic) bond motifs is 1. The van der Waals surface area contributed by atoms with Crippen LogP contribution in [0.3, 0.4) is 0 Å². The summed E-state index contributed by atoms with van der Waals surface area (Å²) < 4.78 is 10.9. The molecular weight excluding hydrogens is 336 g/mol. The fourth-order valence-corrected chi connectivity index (χ4v) is 3.06. The van der Waals surface area contributed by atoms with Gasteiger partial charge in [-0.2, -0.15) is 0 Å². The minimum Gasteiger partial charge on any atom is -0.455 e. The third kappa shape index (κ3) is 4.02. The third-order valence-corrected chi connectivity index (χ3v) is 4.77. The molecule has 0 amide bonds. The number of aliphatic hydroxyl groups is 1. The minimum atomic E-state index is -1.38. The summed E-state index contributed by atoms with van der Waals surface area (Å²) in [6.45, 7) is 8.91. The van der Waals surface area contributed by atoms with Crippen LogP contribution in [-0.2, 0) is 23.9 Å². The lowest BCUT2D eigenvalue weighted by Crippen LogP contribution is -2.43.